The highest BCUT2D eigenvalue weighted by atomic mass is 14.9. The van der Waals surface area contributed by atoms with E-state index < -0.39 is 0 Å². The van der Waals surface area contributed by atoms with Crippen LogP contribution in [0.1, 0.15) is 53.9 Å². The maximum atomic E-state index is 3.46. The molecule has 1 N–H and O–H groups in total. The van der Waals surface area contributed by atoms with Crippen LogP contribution >= 0.6 is 0 Å². The Bertz CT molecular complexity index is 129. The van der Waals surface area contributed by atoms with Gasteiger partial charge in [-0.15, -0.1) is 0 Å². The van der Waals surface area contributed by atoms with Gasteiger partial charge >= 0.3 is 0 Å². The van der Waals surface area contributed by atoms with E-state index in [4.69, 9.17) is 0 Å². The predicted molar refractivity (Wildman–Crippen MR) is 65.5 cm³/mol. The molecule has 0 aromatic carbocycles. The van der Waals surface area contributed by atoms with Crippen molar-refractivity contribution in [3.8, 4) is 0 Å². The molecule has 1 nitrogen and oxygen atoms in total. The zero-order valence-electron chi connectivity index (χ0n) is 10.9. The lowest BCUT2D eigenvalue weighted by Gasteiger charge is -2.26. The van der Waals surface area contributed by atoms with Crippen molar-refractivity contribution in [2.45, 2.75) is 59.9 Å². The van der Waals surface area contributed by atoms with E-state index in [2.05, 4.69) is 47.0 Å². The Balaban J connectivity index is 3.79. The van der Waals surface area contributed by atoms with Crippen molar-refractivity contribution in [2.24, 2.45) is 17.8 Å². The van der Waals surface area contributed by atoms with E-state index in [0.29, 0.717) is 6.04 Å². The average molecular weight is 199 g/mol. The Morgan fingerprint density at radius 2 is 1.50 bits per heavy atom. The second-order valence-corrected chi connectivity index (χ2v) is 5.32. The first-order chi connectivity index (χ1) is 6.49. The van der Waals surface area contributed by atoms with Crippen LogP contribution in [-0.4, -0.2) is 13.1 Å². The molecule has 0 saturated carbocycles. The number of nitrogens with one attached hydrogen (secondary N) is 1. The summed E-state index contributed by atoms with van der Waals surface area (Å²) in [4.78, 5) is 0. The van der Waals surface area contributed by atoms with Gasteiger partial charge in [0.25, 0.3) is 0 Å². The van der Waals surface area contributed by atoms with Crippen LogP contribution in [0.15, 0.2) is 0 Å². The molecule has 0 amide bonds. The van der Waals surface area contributed by atoms with Crippen LogP contribution in [0.5, 0.6) is 0 Å². The van der Waals surface area contributed by atoms with Crippen LogP contribution in [0.25, 0.3) is 0 Å². The topological polar surface area (TPSA) is 12.0 Å². The van der Waals surface area contributed by atoms with Gasteiger partial charge in [0.1, 0.15) is 0 Å². The SMILES string of the molecule is CNC(CCCC(C)C)C(C)C(C)C. The van der Waals surface area contributed by atoms with Crippen LogP contribution < -0.4 is 5.32 Å². The highest BCUT2D eigenvalue weighted by Crippen LogP contribution is 2.19. The minimum Gasteiger partial charge on any atom is -0.317 e. The second-order valence-electron chi connectivity index (χ2n) is 5.32. The van der Waals surface area contributed by atoms with E-state index in [1.807, 2.05) is 0 Å². The molecular weight excluding hydrogens is 170 g/mol. The molecule has 0 aromatic heterocycles. The summed E-state index contributed by atoms with van der Waals surface area (Å²) in [7, 11) is 2.10. The average Bonchev–Trinajstić information content (AvgIpc) is 2.10. The molecule has 0 fully saturated rings. The third-order valence-electron chi connectivity index (χ3n) is 3.35. The number of rotatable bonds is 7. The molecule has 0 bridgehead atoms. The van der Waals surface area contributed by atoms with Crippen molar-refractivity contribution in [1.82, 2.24) is 5.32 Å². The van der Waals surface area contributed by atoms with Crippen molar-refractivity contribution < 1.29 is 0 Å². The monoisotopic (exact) mass is 199 g/mol. The molecule has 14 heavy (non-hydrogen) atoms. The lowest BCUT2D eigenvalue weighted by atomic mass is 9.87. The molecule has 2 unspecified atom stereocenters. The third kappa shape index (κ3) is 5.64. The van der Waals surface area contributed by atoms with E-state index >= 15 is 0 Å². The Hall–Kier alpha value is -0.0400. The molecule has 0 aliphatic heterocycles. The van der Waals surface area contributed by atoms with Gasteiger partial charge in [-0.25, -0.2) is 0 Å². The van der Waals surface area contributed by atoms with Crippen molar-refractivity contribution in [2.75, 3.05) is 7.05 Å². The molecule has 1 heteroatoms. The van der Waals surface area contributed by atoms with E-state index in [-0.39, 0.29) is 0 Å². The fourth-order valence-electron chi connectivity index (χ4n) is 1.88. The molecule has 2 atom stereocenters. The lowest BCUT2D eigenvalue weighted by molar-refractivity contribution is 0.289. The Kier molecular flexibility index (Phi) is 7.26. The van der Waals surface area contributed by atoms with E-state index in [1.54, 1.807) is 0 Å². The van der Waals surface area contributed by atoms with Crippen LogP contribution in [-0.2, 0) is 0 Å². The fraction of sp³-hybridized carbons (Fsp3) is 1.00. The minimum atomic E-state index is 0.703. The summed E-state index contributed by atoms with van der Waals surface area (Å²) in [6, 6.07) is 0.703. The fourth-order valence-corrected chi connectivity index (χ4v) is 1.88. The van der Waals surface area contributed by atoms with Gasteiger partial charge in [-0.1, -0.05) is 47.5 Å². The Morgan fingerprint density at radius 1 is 0.929 bits per heavy atom. The maximum absolute atomic E-state index is 3.46. The van der Waals surface area contributed by atoms with E-state index in [9.17, 15) is 0 Å². The maximum Gasteiger partial charge on any atom is 0.00921 e. The van der Waals surface area contributed by atoms with Gasteiger partial charge in [0.15, 0.2) is 0 Å². The standard InChI is InChI=1S/C13H29N/c1-10(2)8-7-9-13(14-6)12(5)11(3)4/h10-14H,7-9H2,1-6H3. The van der Waals surface area contributed by atoms with Gasteiger partial charge in [0, 0.05) is 6.04 Å². The summed E-state index contributed by atoms with van der Waals surface area (Å²) in [5, 5.41) is 3.46. The summed E-state index contributed by atoms with van der Waals surface area (Å²) in [5.74, 6) is 2.42. The predicted octanol–water partition coefficient (Wildman–Crippen LogP) is 3.69. The second kappa shape index (κ2) is 7.28. The minimum absolute atomic E-state index is 0.703. The highest BCUT2D eigenvalue weighted by molar-refractivity contribution is 4.74. The van der Waals surface area contributed by atoms with E-state index in [0.717, 1.165) is 17.8 Å². The third-order valence-corrected chi connectivity index (χ3v) is 3.35. The molecule has 0 spiro atoms. The largest absolute Gasteiger partial charge is 0.317 e. The first-order valence-electron chi connectivity index (χ1n) is 6.16. The summed E-state index contributed by atoms with van der Waals surface area (Å²) in [5.41, 5.74) is 0. The quantitative estimate of drug-likeness (QED) is 0.659. The molecule has 0 heterocycles. The van der Waals surface area contributed by atoms with Gasteiger partial charge in [0.2, 0.25) is 0 Å². The zero-order chi connectivity index (χ0) is 11.1. The number of hydrogen-bond acceptors (Lipinski definition) is 1. The highest BCUT2D eigenvalue weighted by Gasteiger charge is 2.17. The van der Waals surface area contributed by atoms with Gasteiger partial charge in [0.05, 0.1) is 0 Å². The first-order valence-corrected chi connectivity index (χ1v) is 6.16. The summed E-state index contributed by atoms with van der Waals surface area (Å²) in [6.07, 6.45) is 4.05. The molecule has 0 aromatic rings. The molecular formula is C13H29N. The summed E-state index contributed by atoms with van der Waals surface area (Å²) in [6.45, 7) is 11.6. The van der Waals surface area contributed by atoms with Crippen LogP contribution in [0, 0.1) is 17.8 Å². The van der Waals surface area contributed by atoms with Crippen molar-refractivity contribution in [3.63, 3.8) is 0 Å². The van der Waals surface area contributed by atoms with Crippen LogP contribution in [0.2, 0.25) is 0 Å². The molecule has 0 saturated heterocycles. The molecule has 86 valence electrons. The molecule has 0 rings (SSSR count). The smallest absolute Gasteiger partial charge is 0.00921 e. The molecule has 0 aliphatic carbocycles. The van der Waals surface area contributed by atoms with E-state index in [1.165, 1.54) is 19.3 Å². The number of hydrogen-bond donors (Lipinski definition) is 1. The Morgan fingerprint density at radius 3 is 1.86 bits per heavy atom. The zero-order valence-corrected chi connectivity index (χ0v) is 10.9. The van der Waals surface area contributed by atoms with Gasteiger partial charge in [-0.3, -0.25) is 0 Å². The van der Waals surface area contributed by atoms with Crippen molar-refractivity contribution in [1.29, 1.82) is 0 Å². The summed E-state index contributed by atoms with van der Waals surface area (Å²) < 4.78 is 0. The molecule has 0 aliphatic rings. The lowest BCUT2D eigenvalue weighted by Crippen LogP contribution is -2.34. The van der Waals surface area contributed by atoms with Crippen LogP contribution in [0.4, 0.5) is 0 Å². The van der Waals surface area contributed by atoms with Gasteiger partial charge in [-0.05, 0) is 31.2 Å². The first kappa shape index (κ1) is 14.0. The molecule has 0 radical (unpaired) electrons. The van der Waals surface area contributed by atoms with Crippen molar-refractivity contribution in [3.05, 3.63) is 0 Å². The van der Waals surface area contributed by atoms with Crippen molar-refractivity contribution >= 4 is 0 Å². The van der Waals surface area contributed by atoms with Gasteiger partial charge < -0.3 is 5.32 Å². The normalized spacial score (nSPS) is 16.3. The summed E-state index contributed by atoms with van der Waals surface area (Å²) >= 11 is 0. The van der Waals surface area contributed by atoms with Crippen LogP contribution in [0.3, 0.4) is 0 Å². The Labute approximate surface area is 90.7 Å². The van der Waals surface area contributed by atoms with Gasteiger partial charge in [-0.2, -0.15) is 0 Å².